The van der Waals surface area contributed by atoms with Gasteiger partial charge >= 0.3 is 0 Å². The quantitative estimate of drug-likeness (QED) is 0.796. The third-order valence-electron chi connectivity index (χ3n) is 2.61. The van der Waals surface area contributed by atoms with Gasteiger partial charge in [0.25, 0.3) is 5.56 Å². The number of rotatable bonds is 5. The van der Waals surface area contributed by atoms with Crippen molar-refractivity contribution >= 4 is 0 Å². The van der Waals surface area contributed by atoms with E-state index in [1.165, 1.54) is 0 Å². The Morgan fingerprint density at radius 3 is 2.80 bits per heavy atom. The van der Waals surface area contributed by atoms with E-state index in [4.69, 9.17) is 0 Å². The molecule has 3 nitrogen and oxygen atoms in total. The van der Waals surface area contributed by atoms with E-state index in [2.05, 4.69) is 19.2 Å². The van der Waals surface area contributed by atoms with Crippen LogP contribution in [0.4, 0.5) is 0 Å². The Kier molecular flexibility index (Phi) is 4.56. The normalized spacial score (nSPS) is 12.7. The fourth-order valence-electron chi connectivity index (χ4n) is 1.68. The van der Waals surface area contributed by atoms with Gasteiger partial charge in [0, 0.05) is 24.3 Å². The molecule has 1 aromatic rings. The highest BCUT2D eigenvalue weighted by molar-refractivity contribution is 5.04. The van der Waals surface area contributed by atoms with Gasteiger partial charge in [-0.15, -0.1) is 0 Å². The van der Waals surface area contributed by atoms with Gasteiger partial charge in [-0.2, -0.15) is 0 Å². The number of hydrogen-bond donors (Lipinski definition) is 1. The second kappa shape index (κ2) is 5.71. The molecular formula is C12H20N2O. The molecule has 1 rings (SSSR count). The van der Waals surface area contributed by atoms with E-state index in [9.17, 15) is 4.79 Å². The van der Waals surface area contributed by atoms with Crippen molar-refractivity contribution < 1.29 is 0 Å². The van der Waals surface area contributed by atoms with Crippen molar-refractivity contribution in [2.24, 2.45) is 0 Å². The number of nitrogens with zero attached hydrogens (tertiary/aromatic N) is 1. The molecule has 0 aromatic carbocycles. The molecule has 1 heterocycles. The largest absolute Gasteiger partial charge is 0.314 e. The maximum atomic E-state index is 11.6. The van der Waals surface area contributed by atoms with Crippen molar-refractivity contribution in [3.05, 3.63) is 34.2 Å². The molecule has 0 aliphatic carbocycles. The van der Waals surface area contributed by atoms with Crippen molar-refractivity contribution in [3.63, 3.8) is 0 Å². The molecule has 0 saturated heterocycles. The Balaban J connectivity index is 2.61. The average molecular weight is 208 g/mol. The molecule has 0 radical (unpaired) electrons. The van der Waals surface area contributed by atoms with Crippen LogP contribution in [-0.2, 0) is 6.54 Å². The minimum Gasteiger partial charge on any atom is -0.314 e. The Hall–Kier alpha value is -1.09. The van der Waals surface area contributed by atoms with Gasteiger partial charge in [-0.1, -0.05) is 13.0 Å². The van der Waals surface area contributed by atoms with E-state index in [1.807, 2.05) is 23.6 Å². The van der Waals surface area contributed by atoms with Crippen molar-refractivity contribution in [2.75, 3.05) is 6.54 Å². The summed E-state index contributed by atoms with van der Waals surface area (Å²) in [6, 6.07) is 5.85. The second-order valence-electron chi connectivity index (χ2n) is 3.90. The molecule has 84 valence electrons. The van der Waals surface area contributed by atoms with Crippen LogP contribution in [0.3, 0.4) is 0 Å². The summed E-state index contributed by atoms with van der Waals surface area (Å²) in [4.78, 5) is 11.6. The Labute approximate surface area is 91.1 Å². The predicted molar refractivity (Wildman–Crippen MR) is 63.2 cm³/mol. The summed E-state index contributed by atoms with van der Waals surface area (Å²) in [6.45, 7) is 7.98. The molecule has 1 aromatic heterocycles. The van der Waals surface area contributed by atoms with Gasteiger partial charge in [-0.3, -0.25) is 4.79 Å². The molecule has 15 heavy (non-hydrogen) atoms. The van der Waals surface area contributed by atoms with E-state index in [0.29, 0.717) is 6.04 Å². The minimum absolute atomic E-state index is 0.0960. The van der Waals surface area contributed by atoms with Crippen LogP contribution in [0.1, 0.15) is 26.0 Å². The van der Waals surface area contributed by atoms with Gasteiger partial charge in [0.05, 0.1) is 0 Å². The molecule has 0 aliphatic heterocycles. The van der Waals surface area contributed by atoms with Gasteiger partial charge in [-0.05, 0) is 32.9 Å². The average Bonchev–Trinajstić information content (AvgIpc) is 2.17. The minimum atomic E-state index is 0.0960. The Morgan fingerprint density at radius 1 is 1.47 bits per heavy atom. The monoisotopic (exact) mass is 208 g/mol. The predicted octanol–water partition coefficient (Wildman–Crippen LogP) is 1.54. The molecule has 1 atom stereocenters. The number of aromatic nitrogens is 1. The number of hydrogen-bond acceptors (Lipinski definition) is 2. The third-order valence-corrected chi connectivity index (χ3v) is 2.61. The summed E-state index contributed by atoms with van der Waals surface area (Å²) in [7, 11) is 0. The maximum absolute atomic E-state index is 11.6. The van der Waals surface area contributed by atoms with E-state index in [1.54, 1.807) is 6.07 Å². The zero-order chi connectivity index (χ0) is 11.3. The van der Waals surface area contributed by atoms with Gasteiger partial charge in [0.1, 0.15) is 0 Å². The molecule has 0 aliphatic rings. The summed E-state index contributed by atoms with van der Waals surface area (Å²) in [6.07, 6.45) is 0.985. The first-order valence-electron chi connectivity index (χ1n) is 5.55. The summed E-state index contributed by atoms with van der Waals surface area (Å²) in [5, 5.41) is 3.34. The van der Waals surface area contributed by atoms with E-state index < -0.39 is 0 Å². The lowest BCUT2D eigenvalue weighted by atomic mass is 10.2. The highest BCUT2D eigenvalue weighted by Gasteiger charge is 2.02. The fourth-order valence-corrected chi connectivity index (χ4v) is 1.68. The fraction of sp³-hybridized carbons (Fsp3) is 0.583. The number of nitrogens with one attached hydrogen (secondary N) is 1. The zero-order valence-corrected chi connectivity index (χ0v) is 9.79. The molecule has 0 saturated carbocycles. The lowest BCUT2D eigenvalue weighted by Gasteiger charge is -2.14. The lowest BCUT2D eigenvalue weighted by molar-refractivity contribution is 0.478. The van der Waals surface area contributed by atoms with Crippen LogP contribution in [0.2, 0.25) is 0 Å². The number of pyridine rings is 1. The molecule has 0 bridgehead atoms. The highest BCUT2D eigenvalue weighted by atomic mass is 16.1. The van der Waals surface area contributed by atoms with Gasteiger partial charge in [0.2, 0.25) is 0 Å². The number of aryl methyl sites for hydroxylation is 1. The maximum Gasteiger partial charge on any atom is 0.250 e. The van der Waals surface area contributed by atoms with Crippen LogP contribution in [0.15, 0.2) is 23.0 Å². The summed E-state index contributed by atoms with van der Waals surface area (Å²) >= 11 is 0. The van der Waals surface area contributed by atoms with Crippen LogP contribution < -0.4 is 10.9 Å². The molecule has 1 unspecified atom stereocenters. The first kappa shape index (κ1) is 12.0. The van der Waals surface area contributed by atoms with Crippen LogP contribution in [-0.4, -0.2) is 17.2 Å². The molecule has 3 heteroatoms. The molecule has 0 fully saturated rings. The molecule has 0 amide bonds. The van der Waals surface area contributed by atoms with Crippen molar-refractivity contribution in [1.82, 2.24) is 9.88 Å². The van der Waals surface area contributed by atoms with Crippen LogP contribution in [0, 0.1) is 6.92 Å². The van der Waals surface area contributed by atoms with Crippen LogP contribution >= 0.6 is 0 Å². The van der Waals surface area contributed by atoms with E-state index >= 15 is 0 Å². The molecular weight excluding hydrogens is 188 g/mol. The van der Waals surface area contributed by atoms with Crippen LogP contribution in [0.5, 0.6) is 0 Å². The van der Waals surface area contributed by atoms with Gasteiger partial charge < -0.3 is 9.88 Å². The second-order valence-corrected chi connectivity index (χ2v) is 3.90. The SMILES string of the molecule is CCNC(C)CCn1c(C)cccc1=O. The summed E-state index contributed by atoms with van der Waals surface area (Å²) in [5.74, 6) is 0. The van der Waals surface area contributed by atoms with Gasteiger partial charge in [0.15, 0.2) is 0 Å². The Bertz CT molecular complexity index is 357. The first-order chi connectivity index (χ1) is 7.15. The standard InChI is InChI=1S/C12H20N2O/c1-4-13-10(2)8-9-14-11(3)6-5-7-12(14)15/h5-7,10,13H,4,8-9H2,1-3H3. The smallest absolute Gasteiger partial charge is 0.250 e. The van der Waals surface area contributed by atoms with Crippen molar-refractivity contribution in [2.45, 2.75) is 39.8 Å². The van der Waals surface area contributed by atoms with Gasteiger partial charge in [-0.25, -0.2) is 0 Å². The van der Waals surface area contributed by atoms with Crippen molar-refractivity contribution in [1.29, 1.82) is 0 Å². The lowest BCUT2D eigenvalue weighted by Crippen LogP contribution is -2.29. The van der Waals surface area contributed by atoms with E-state index in [-0.39, 0.29) is 5.56 Å². The third kappa shape index (κ3) is 3.51. The Morgan fingerprint density at radius 2 is 2.20 bits per heavy atom. The zero-order valence-electron chi connectivity index (χ0n) is 9.79. The molecule has 1 N–H and O–H groups in total. The summed E-state index contributed by atoms with van der Waals surface area (Å²) < 4.78 is 1.83. The molecule has 0 spiro atoms. The van der Waals surface area contributed by atoms with Crippen molar-refractivity contribution in [3.8, 4) is 0 Å². The van der Waals surface area contributed by atoms with E-state index in [0.717, 1.165) is 25.2 Å². The van der Waals surface area contributed by atoms with Crippen LogP contribution in [0.25, 0.3) is 0 Å². The topological polar surface area (TPSA) is 34.0 Å². The highest BCUT2D eigenvalue weighted by Crippen LogP contribution is 1.98. The summed E-state index contributed by atoms with van der Waals surface area (Å²) in [5.41, 5.74) is 1.13. The first-order valence-corrected chi connectivity index (χ1v) is 5.55.